The van der Waals surface area contributed by atoms with E-state index >= 15 is 0 Å². The quantitative estimate of drug-likeness (QED) is 0.625. The number of benzene rings is 2. The first kappa shape index (κ1) is 21.1. The molecule has 1 heterocycles. The van der Waals surface area contributed by atoms with Crippen molar-refractivity contribution in [2.24, 2.45) is 0 Å². The highest BCUT2D eigenvalue weighted by atomic mass is 35.5. The Morgan fingerprint density at radius 3 is 2.17 bits per heavy atom. The average molecular weight is 430 g/mol. The topological polar surface area (TPSA) is 48.0 Å². The lowest BCUT2D eigenvalue weighted by Crippen LogP contribution is -2.29. The van der Waals surface area contributed by atoms with Crippen LogP contribution >= 0.6 is 11.6 Å². The lowest BCUT2D eigenvalue weighted by atomic mass is 10.0. The highest BCUT2D eigenvalue weighted by Crippen LogP contribution is 2.44. The molecule has 1 unspecified atom stereocenters. The molecule has 0 bridgehead atoms. The molecule has 1 amide bonds. The van der Waals surface area contributed by atoms with Crippen LogP contribution < -0.4 is 14.2 Å². The summed E-state index contributed by atoms with van der Waals surface area (Å²) in [4.78, 5) is 14.3. The van der Waals surface area contributed by atoms with E-state index in [4.69, 9.17) is 21.1 Å². The van der Waals surface area contributed by atoms with Crippen molar-refractivity contribution in [2.45, 2.75) is 30.7 Å². The van der Waals surface area contributed by atoms with Gasteiger partial charge in [-0.2, -0.15) is 0 Å². The molecule has 0 spiro atoms. The Morgan fingerprint density at radius 1 is 1.07 bits per heavy atom. The summed E-state index contributed by atoms with van der Waals surface area (Å²) < 4.78 is 51.8. The van der Waals surface area contributed by atoms with Crippen molar-refractivity contribution in [3.8, 4) is 17.2 Å². The van der Waals surface area contributed by atoms with Gasteiger partial charge in [-0.05, 0) is 36.2 Å². The molecule has 0 saturated carbocycles. The molecule has 3 rings (SSSR count). The van der Waals surface area contributed by atoms with E-state index in [2.05, 4.69) is 4.74 Å². The van der Waals surface area contributed by atoms with E-state index in [9.17, 15) is 18.0 Å². The Hall–Kier alpha value is -2.61. The fourth-order valence-electron chi connectivity index (χ4n) is 3.42. The molecule has 2 atom stereocenters. The molecule has 156 valence electrons. The van der Waals surface area contributed by atoms with Gasteiger partial charge < -0.3 is 19.1 Å². The number of amides is 1. The monoisotopic (exact) mass is 429 g/mol. The predicted molar refractivity (Wildman–Crippen MR) is 100 cm³/mol. The number of hydrogen-bond acceptors (Lipinski definition) is 4. The largest absolute Gasteiger partial charge is 0.573 e. The Morgan fingerprint density at radius 2 is 1.66 bits per heavy atom. The van der Waals surface area contributed by atoms with Crippen LogP contribution in [0.5, 0.6) is 17.2 Å². The van der Waals surface area contributed by atoms with E-state index in [1.165, 1.54) is 38.5 Å². The van der Waals surface area contributed by atoms with Crippen molar-refractivity contribution in [1.29, 1.82) is 0 Å². The number of hydrogen-bond donors (Lipinski definition) is 0. The average Bonchev–Trinajstić information content (AvgIpc) is 2.95. The molecule has 0 radical (unpaired) electrons. The number of likely N-dealkylation sites (tertiary alicyclic amines) is 1. The number of methoxy groups -OCH3 is 2. The first-order chi connectivity index (χ1) is 13.7. The molecule has 2 aromatic carbocycles. The van der Waals surface area contributed by atoms with Crippen LogP contribution in [0.1, 0.15) is 23.6 Å². The summed E-state index contributed by atoms with van der Waals surface area (Å²) in [6.07, 6.45) is -4.41. The van der Waals surface area contributed by atoms with Crippen molar-refractivity contribution in [2.75, 3.05) is 14.2 Å². The van der Waals surface area contributed by atoms with Gasteiger partial charge in [0.1, 0.15) is 22.6 Å². The molecule has 29 heavy (non-hydrogen) atoms. The van der Waals surface area contributed by atoms with E-state index in [1.54, 1.807) is 23.1 Å². The minimum atomic E-state index is -4.76. The standard InChI is InChI=1S/C20H19ClF3NO4/c1-27-16-4-3-5-17(28-2)18(16)15-10-14(21)19(26)25(15)11-12-6-8-13(9-7-12)29-20(22,23)24/h3-9,14-15H,10-11H2,1-2H3/t14?,15-/m0/s1. The normalized spacial score (nSPS) is 19.4. The van der Waals surface area contributed by atoms with Gasteiger partial charge in [0.15, 0.2) is 0 Å². The van der Waals surface area contributed by atoms with Gasteiger partial charge in [-0.3, -0.25) is 4.79 Å². The van der Waals surface area contributed by atoms with Crippen LogP contribution in [0.4, 0.5) is 13.2 Å². The van der Waals surface area contributed by atoms with Gasteiger partial charge in [0, 0.05) is 6.54 Å². The van der Waals surface area contributed by atoms with E-state index in [1.807, 2.05) is 0 Å². The summed E-state index contributed by atoms with van der Waals surface area (Å²) >= 11 is 6.24. The Labute approximate surface area is 170 Å². The van der Waals surface area contributed by atoms with Crippen molar-refractivity contribution >= 4 is 17.5 Å². The number of nitrogens with zero attached hydrogens (tertiary/aromatic N) is 1. The second kappa shape index (κ2) is 8.41. The van der Waals surface area contributed by atoms with Crippen LogP contribution in [-0.4, -0.2) is 36.8 Å². The highest BCUT2D eigenvalue weighted by molar-refractivity contribution is 6.31. The van der Waals surface area contributed by atoms with Crippen molar-refractivity contribution < 1.29 is 32.2 Å². The summed E-state index contributed by atoms with van der Waals surface area (Å²) in [7, 11) is 3.05. The third-order valence-electron chi connectivity index (χ3n) is 4.67. The molecular formula is C20H19ClF3NO4. The number of rotatable bonds is 6. The second-order valence-electron chi connectivity index (χ2n) is 6.45. The maximum absolute atomic E-state index is 12.7. The molecule has 1 saturated heterocycles. The zero-order chi connectivity index (χ0) is 21.2. The van der Waals surface area contributed by atoms with E-state index in [-0.39, 0.29) is 18.2 Å². The van der Waals surface area contributed by atoms with Crippen molar-refractivity contribution in [3.05, 3.63) is 53.6 Å². The molecule has 9 heteroatoms. The van der Waals surface area contributed by atoms with Crippen molar-refractivity contribution in [1.82, 2.24) is 4.90 Å². The zero-order valence-electron chi connectivity index (χ0n) is 15.7. The smallest absolute Gasteiger partial charge is 0.496 e. The summed E-state index contributed by atoms with van der Waals surface area (Å²) in [5.74, 6) is 0.533. The van der Waals surface area contributed by atoms with Gasteiger partial charge in [-0.1, -0.05) is 18.2 Å². The van der Waals surface area contributed by atoms with E-state index in [0.29, 0.717) is 29.0 Å². The summed E-state index contributed by atoms with van der Waals surface area (Å²) in [6, 6.07) is 10.3. The van der Waals surface area contributed by atoms with Crippen LogP contribution in [0.2, 0.25) is 0 Å². The predicted octanol–water partition coefficient (Wildman–Crippen LogP) is 4.68. The van der Waals surface area contributed by atoms with Gasteiger partial charge in [-0.25, -0.2) is 0 Å². The minimum absolute atomic E-state index is 0.167. The SMILES string of the molecule is COc1cccc(OC)c1[C@@H]1CC(Cl)C(=O)N1Cc1ccc(OC(F)(F)F)cc1. The van der Waals surface area contributed by atoms with Crippen LogP contribution in [0.25, 0.3) is 0 Å². The van der Waals surface area contributed by atoms with Gasteiger partial charge in [0.2, 0.25) is 5.91 Å². The molecule has 2 aromatic rings. The first-order valence-corrected chi connectivity index (χ1v) is 9.17. The molecular weight excluding hydrogens is 411 g/mol. The summed E-state index contributed by atoms with van der Waals surface area (Å²) in [6.45, 7) is 0.167. The molecule has 1 aliphatic heterocycles. The molecule has 0 aromatic heterocycles. The van der Waals surface area contributed by atoms with E-state index in [0.717, 1.165) is 0 Å². The lowest BCUT2D eigenvalue weighted by Gasteiger charge is -2.27. The minimum Gasteiger partial charge on any atom is -0.496 e. The summed E-state index contributed by atoms with van der Waals surface area (Å²) in [5, 5.41) is -0.720. The molecule has 5 nitrogen and oxygen atoms in total. The van der Waals surface area contributed by atoms with Gasteiger partial charge in [0.05, 0.1) is 25.8 Å². The third kappa shape index (κ3) is 4.70. The van der Waals surface area contributed by atoms with Crippen molar-refractivity contribution in [3.63, 3.8) is 0 Å². The summed E-state index contributed by atoms with van der Waals surface area (Å²) in [5.41, 5.74) is 1.34. The molecule has 0 aliphatic carbocycles. The maximum Gasteiger partial charge on any atom is 0.573 e. The lowest BCUT2D eigenvalue weighted by molar-refractivity contribution is -0.274. The highest BCUT2D eigenvalue weighted by Gasteiger charge is 2.41. The van der Waals surface area contributed by atoms with Gasteiger partial charge in [-0.15, -0.1) is 24.8 Å². The van der Waals surface area contributed by atoms with Gasteiger partial charge >= 0.3 is 6.36 Å². The van der Waals surface area contributed by atoms with Crippen LogP contribution in [0.15, 0.2) is 42.5 Å². The Bertz CT molecular complexity index is 851. The molecule has 0 N–H and O–H groups in total. The number of halogens is 4. The number of carbonyl (C=O) groups excluding carboxylic acids is 1. The van der Waals surface area contributed by atoms with Crippen LogP contribution in [-0.2, 0) is 11.3 Å². The van der Waals surface area contributed by atoms with Crippen LogP contribution in [0.3, 0.4) is 0 Å². The van der Waals surface area contributed by atoms with Crippen LogP contribution in [0, 0.1) is 0 Å². The third-order valence-corrected chi connectivity index (χ3v) is 5.03. The number of ether oxygens (including phenoxy) is 3. The Kier molecular flexibility index (Phi) is 6.12. The molecule has 1 fully saturated rings. The number of alkyl halides is 4. The second-order valence-corrected chi connectivity index (χ2v) is 6.98. The van der Waals surface area contributed by atoms with Gasteiger partial charge in [0.25, 0.3) is 0 Å². The first-order valence-electron chi connectivity index (χ1n) is 8.73. The molecule has 1 aliphatic rings. The Balaban J connectivity index is 1.89. The fraction of sp³-hybridized carbons (Fsp3) is 0.350. The fourth-order valence-corrected chi connectivity index (χ4v) is 3.72. The van der Waals surface area contributed by atoms with E-state index < -0.39 is 17.8 Å². The zero-order valence-corrected chi connectivity index (χ0v) is 16.5. The maximum atomic E-state index is 12.7. The number of carbonyl (C=O) groups is 1.